The molecule has 4 nitrogen and oxygen atoms in total. The number of aryl methyl sites for hydroxylation is 2. The maximum atomic E-state index is 4.32. The number of nitrogens with one attached hydrogen (secondary N) is 1. The summed E-state index contributed by atoms with van der Waals surface area (Å²) in [5, 5.41) is 5.70. The summed E-state index contributed by atoms with van der Waals surface area (Å²) in [4.78, 5) is 9.23. The van der Waals surface area contributed by atoms with Crippen LogP contribution >= 0.6 is 27.3 Å². The Balaban J connectivity index is 2.04. The van der Waals surface area contributed by atoms with Gasteiger partial charge in [0, 0.05) is 17.1 Å². The van der Waals surface area contributed by atoms with Crippen LogP contribution in [0, 0.1) is 6.92 Å². The lowest BCUT2D eigenvalue weighted by Crippen LogP contribution is -1.96. The summed E-state index contributed by atoms with van der Waals surface area (Å²) in [6.07, 6.45) is 4.70. The number of hydrogen-bond acceptors (Lipinski definition) is 3. The van der Waals surface area contributed by atoms with Crippen molar-refractivity contribution in [2.24, 2.45) is 0 Å². The number of aromatic amines is 1. The minimum absolute atomic E-state index is 0.437. The molecule has 24 heavy (non-hydrogen) atoms. The van der Waals surface area contributed by atoms with Gasteiger partial charge in [0.2, 0.25) is 0 Å². The molecule has 4 aromatic rings. The molecule has 0 aliphatic rings. The number of pyridine rings is 1. The topological polar surface area (TPSA) is 46.0 Å². The molecule has 0 fully saturated rings. The van der Waals surface area contributed by atoms with Gasteiger partial charge in [0.25, 0.3) is 0 Å². The lowest BCUT2D eigenvalue weighted by atomic mass is 9.95. The van der Waals surface area contributed by atoms with Gasteiger partial charge in [-0.1, -0.05) is 20.8 Å². The minimum Gasteiger partial charge on any atom is -0.346 e. The van der Waals surface area contributed by atoms with Crippen molar-refractivity contribution in [2.45, 2.75) is 40.0 Å². The molecule has 0 aliphatic carbocycles. The van der Waals surface area contributed by atoms with E-state index in [1.54, 1.807) is 17.7 Å². The number of rotatable bonds is 3. The lowest BCUT2D eigenvalue weighted by Gasteiger charge is -2.11. The fraction of sp³-hybridized carbons (Fsp3) is 0.333. The van der Waals surface area contributed by atoms with Crippen LogP contribution < -0.4 is 0 Å². The highest BCUT2D eigenvalue weighted by Gasteiger charge is 2.22. The molecule has 0 spiro atoms. The van der Waals surface area contributed by atoms with E-state index < -0.39 is 0 Å². The molecule has 4 aromatic heterocycles. The van der Waals surface area contributed by atoms with Crippen molar-refractivity contribution >= 4 is 43.1 Å². The van der Waals surface area contributed by atoms with E-state index in [1.165, 1.54) is 30.8 Å². The summed E-state index contributed by atoms with van der Waals surface area (Å²) >= 11 is 5.51. The van der Waals surface area contributed by atoms with Crippen molar-refractivity contribution in [2.75, 3.05) is 0 Å². The zero-order valence-corrected chi connectivity index (χ0v) is 16.5. The lowest BCUT2D eigenvalue weighted by molar-refractivity contribution is 0.875. The minimum atomic E-state index is 0.437. The smallest absolute Gasteiger partial charge is 0.158 e. The third-order valence-corrected chi connectivity index (χ3v) is 6.41. The molecule has 0 saturated heterocycles. The van der Waals surface area contributed by atoms with Gasteiger partial charge < -0.3 is 4.98 Å². The number of fused-ring (bicyclic) bond motifs is 2. The van der Waals surface area contributed by atoms with Crippen molar-refractivity contribution in [3.05, 3.63) is 39.1 Å². The highest BCUT2D eigenvalue weighted by molar-refractivity contribution is 9.11. The summed E-state index contributed by atoms with van der Waals surface area (Å²) in [5.41, 5.74) is 7.21. The van der Waals surface area contributed by atoms with Crippen molar-refractivity contribution in [3.8, 4) is 11.3 Å². The van der Waals surface area contributed by atoms with Crippen LogP contribution in [-0.4, -0.2) is 19.6 Å². The third kappa shape index (κ3) is 2.24. The van der Waals surface area contributed by atoms with E-state index in [1.807, 2.05) is 4.52 Å². The van der Waals surface area contributed by atoms with E-state index in [4.69, 9.17) is 0 Å². The Morgan fingerprint density at radius 2 is 2.17 bits per heavy atom. The van der Waals surface area contributed by atoms with E-state index in [0.29, 0.717) is 5.92 Å². The quantitative estimate of drug-likeness (QED) is 0.477. The molecule has 0 aliphatic heterocycles. The average molecular weight is 403 g/mol. The predicted octanol–water partition coefficient (Wildman–Crippen LogP) is 5.70. The zero-order valence-electron chi connectivity index (χ0n) is 14.1. The van der Waals surface area contributed by atoms with E-state index >= 15 is 0 Å². The van der Waals surface area contributed by atoms with Gasteiger partial charge in [-0.15, -0.1) is 11.3 Å². The molecular weight excluding hydrogens is 384 g/mol. The number of hydrogen-bond donors (Lipinski definition) is 1. The summed E-state index contributed by atoms with van der Waals surface area (Å²) in [6, 6.07) is 2.20. The van der Waals surface area contributed by atoms with Crippen LogP contribution in [0.4, 0.5) is 0 Å². The Morgan fingerprint density at radius 3 is 2.88 bits per heavy atom. The molecule has 124 valence electrons. The van der Waals surface area contributed by atoms with E-state index in [-0.39, 0.29) is 0 Å². The first-order valence-electron chi connectivity index (χ1n) is 8.14. The number of nitrogens with zero attached hydrogens (tertiary/aromatic N) is 3. The van der Waals surface area contributed by atoms with Gasteiger partial charge in [-0.05, 0) is 57.9 Å². The molecule has 4 heterocycles. The van der Waals surface area contributed by atoms with Crippen LogP contribution in [0.1, 0.15) is 43.4 Å². The largest absolute Gasteiger partial charge is 0.346 e. The normalized spacial score (nSPS) is 12.1. The van der Waals surface area contributed by atoms with Gasteiger partial charge in [-0.2, -0.15) is 5.10 Å². The molecule has 0 aromatic carbocycles. The maximum absolute atomic E-state index is 4.32. The molecule has 0 unspecified atom stereocenters. The predicted molar refractivity (Wildman–Crippen MR) is 104 cm³/mol. The van der Waals surface area contributed by atoms with Gasteiger partial charge in [0.1, 0.15) is 11.2 Å². The van der Waals surface area contributed by atoms with Crippen LogP contribution in [-0.2, 0) is 6.42 Å². The van der Waals surface area contributed by atoms with Crippen LogP contribution in [0.2, 0.25) is 0 Å². The van der Waals surface area contributed by atoms with Crippen molar-refractivity contribution < 1.29 is 0 Å². The van der Waals surface area contributed by atoms with Gasteiger partial charge in [-0.25, -0.2) is 9.50 Å². The molecule has 0 bridgehead atoms. The molecular formula is C18H19BrN4S. The monoisotopic (exact) mass is 402 g/mol. The van der Waals surface area contributed by atoms with Crippen LogP contribution in [0.25, 0.3) is 27.1 Å². The number of aromatic nitrogens is 4. The summed E-state index contributed by atoms with van der Waals surface area (Å²) in [7, 11) is 0. The third-order valence-electron chi connectivity index (χ3n) is 4.51. The van der Waals surface area contributed by atoms with Gasteiger partial charge in [0.05, 0.1) is 9.48 Å². The van der Waals surface area contributed by atoms with Crippen molar-refractivity contribution in [1.82, 2.24) is 19.6 Å². The van der Waals surface area contributed by atoms with Crippen LogP contribution in [0.5, 0.6) is 0 Å². The highest BCUT2D eigenvalue weighted by Crippen LogP contribution is 2.44. The molecule has 6 heteroatoms. The van der Waals surface area contributed by atoms with Gasteiger partial charge in [-0.3, -0.25) is 0 Å². The molecule has 0 amide bonds. The Bertz CT molecular complexity index is 1050. The van der Waals surface area contributed by atoms with E-state index in [0.717, 1.165) is 23.2 Å². The molecule has 1 N–H and O–H groups in total. The molecule has 0 radical (unpaired) electrons. The van der Waals surface area contributed by atoms with Crippen molar-refractivity contribution in [3.63, 3.8) is 0 Å². The first-order chi connectivity index (χ1) is 11.5. The van der Waals surface area contributed by atoms with E-state index in [2.05, 4.69) is 71.0 Å². The number of thiophene rings is 1. The fourth-order valence-electron chi connectivity index (χ4n) is 3.47. The van der Waals surface area contributed by atoms with Gasteiger partial charge in [0.15, 0.2) is 5.65 Å². The molecule has 0 atom stereocenters. The first kappa shape index (κ1) is 15.8. The highest BCUT2D eigenvalue weighted by atomic mass is 79.9. The second kappa shape index (κ2) is 5.70. The molecule has 4 rings (SSSR count). The standard InChI is InChI=1S/C18H19BrN4S/c1-5-12-14-13(9(2)3)15(22-18(14)24-16(12)19)11-6-10(4)17-20-8-21-23(17)7-11/h6-9,22H,5H2,1-4H3. The van der Waals surface area contributed by atoms with Crippen LogP contribution in [0.15, 0.2) is 22.4 Å². The summed E-state index contributed by atoms with van der Waals surface area (Å²) in [5.74, 6) is 0.437. The van der Waals surface area contributed by atoms with Crippen molar-refractivity contribution in [1.29, 1.82) is 0 Å². The SMILES string of the molecule is CCc1c(Br)sc2[nH]c(-c3cc(C)c4ncnn4c3)c(C(C)C)c12. The Labute approximate surface area is 153 Å². The van der Waals surface area contributed by atoms with Gasteiger partial charge >= 0.3 is 0 Å². The second-order valence-electron chi connectivity index (χ2n) is 6.42. The van der Waals surface area contributed by atoms with E-state index in [9.17, 15) is 0 Å². The molecule has 0 saturated carbocycles. The summed E-state index contributed by atoms with van der Waals surface area (Å²) in [6.45, 7) is 8.83. The Hall–Kier alpha value is -1.66. The second-order valence-corrected chi connectivity index (χ2v) is 8.76. The fourth-order valence-corrected chi connectivity index (χ4v) is 5.47. The van der Waals surface area contributed by atoms with Crippen LogP contribution in [0.3, 0.4) is 0 Å². The number of halogens is 1. The average Bonchev–Trinajstić information content (AvgIpc) is 3.19. The summed E-state index contributed by atoms with van der Waals surface area (Å²) < 4.78 is 3.10. The first-order valence-corrected chi connectivity index (χ1v) is 9.75. The Kier molecular flexibility index (Phi) is 3.77. The maximum Gasteiger partial charge on any atom is 0.158 e. The number of H-pyrrole nitrogens is 1. The zero-order chi connectivity index (χ0) is 17.0. The Morgan fingerprint density at radius 1 is 1.38 bits per heavy atom.